The second-order valence-corrected chi connectivity index (χ2v) is 4.82. The fourth-order valence-corrected chi connectivity index (χ4v) is 2.33. The first-order valence-corrected chi connectivity index (χ1v) is 5.83. The predicted molar refractivity (Wildman–Crippen MR) is 63.4 cm³/mol. The third-order valence-electron chi connectivity index (χ3n) is 3.25. The monoisotopic (exact) mass is 207 g/mol. The lowest BCUT2D eigenvalue weighted by Crippen LogP contribution is -2.11. The van der Waals surface area contributed by atoms with Crippen LogP contribution in [0, 0.1) is 0 Å². The van der Waals surface area contributed by atoms with E-state index in [0.29, 0.717) is 11.1 Å². The zero-order valence-corrected chi connectivity index (χ0v) is 9.70. The van der Waals surface area contributed by atoms with Gasteiger partial charge in [0.05, 0.1) is 0 Å². The largest absolute Gasteiger partial charge is 0.478 e. The number of carbonyl (C=O) groups is 1. The van der Waals surface area contributed by atoms with Crippen LogP contribution >= 0.6 is 0 Å². The number of rotatable bonds is 5. The fourth-order valence-electron chi connectivity index (χ4n) is 2.33. The molecule has 83 valence electrons. The zero-order valence-electron chi connectivity index (χ0n) is 9.70. The van der Waals surface area contributed by atoms with E-state index in [0.717, 1.165) is 6.42 Å². The van der Waals surface area contributed by atoms with Crippen LogP contribution in [-0.4, -0.2) is 18.4 Å². The summed E-state index contributed by atoms with van der Waals surface area (Å²) in [4.78, 5) is 10.4. The molecular formula is C12H20BO2. The summed E-state index contributed by atoms with van der Waals surface area (Å²) >= 11 is 0. The Bertz CT molecular complexity index is 250. The fraction of sp³-hybridized carbons (Fsp3) is 0.750. The van der Waals surface area contributed by atoms with Crippen molar-refractivity contribution in [1.29, 1.82) is 0 Å². The number of carboxylic acid groups (broad SMARTS) is 1. The van der Waals surface area contributed by atoms with E-state index >= 15 is 0 Å². The van der Waals surface area contributed by atoms with Crippen molar-refractivity contribution in [2.24, 2.45) is 0 Å². The molecule has 0 amide bonds. The van der Waals surface area contributed by atoms with Crippen LogP contribution in [0.3, 0.4) is 0 Å². The van der Waals surface area contributed by atoms with Crippen molar-refractivity contribution in [3.63, 3.8) is 0 Å². The smallest absolute Gasteiger partial charge is 0.327 e. The average Bonchev–Trinajstić information content (AvgIpc) is 2.55. The maximum absolute atomic E-state index is 10.4. The molecule has 0 spiro atoms. The third kappa shape index (κ3) is 4.11. The Morgan fingerprint density at radius 2 is 2.40 bits per heavy atom. The van der Waals surface area contributed by atoms with E-state index in [1.54, 1.807) is 0 Å². The Labute approximate surface area is 93.0 Å². The van der Waals surface area contributed by atoms with E-state index in [1.807, 2.05) is 6.08 Å². The highest BCUT2D eigenvalue weighted by Crippen LogP contribution is 2.47. The van der Waals surface area contributed by atoms with Gasteiger partial charge in [0.1, 0.15) is 7.28 Å². The van der Waals surface area contributed by atoms with E-state index in [9.17, 15) is 4.79 Å². The molecule has 1 heterocycles. The van der Waals surface area contributed by atoms with Gasteiger partial charge in [-0.05, 0) is 0 Å². The van der Waals surface area contributed by atoms with Gasteiger partial charge in [0.15, 0.2) is 0 Å². The molecule has 1 saturated heterocycles. The van der Waals surface area contributed by atoms with Crippen LogP contribution in [0.25, 0.3) is 0 Å². The van der Waals surface area contributed by atoms with Crippen LogP contribution in [0.1, 0.15) is 46.0 Å². The third-order valence-corrected chi connectivity index (χ3v) is 3.25. The SMILES string of the molecule is CCCCC1(C)[B]C(C=CC(=O)O)CC1. The molecule has 0 aromatic carbocycles. The molecular weight excluding hydrogens is 187 g/mol. The van der Waals surface area contributed by atoms with Gasteiger partial charge in [-0.2, -0.15) is 0 Å². The number of aliphatic carboxylic acids is 1. The lowest BCUT2D eigenvalue weighted by Gasteiger charge is -2.22. The van der Waals surface area contributed by atoms with Gasteiger partial charge in [0, 0.05) is 6.08 Å². The lowest BCUT2D eigenvalue weighted by atomic mass is 9.50. The van der Waals surface area contributed by atoms with Gasteiger partial charge in [-0.25, -0.2) is 4.79 Å². The lowest BCUT2D eigenvalue weighted by molar-refractivity contribution is -0.131. The first-order valence-electron chi connectivity index (χ1n) is 5.83. The first-order chi connectivity index (χ1) is 7.06. The molecule has 1 N–H and O–H groups in total. The topological polar surface area (TPSA) is 37.3 Å². The van der Waals surface area contributed by atoms with Crippen LogP contribution in [0.5, 0.6) is 0 Å². The van der Waals surface area contributed by atoms with Crippen molar-refractivity contribution in [2.45, 2.75) is 57.1 Å². The molecule has 15 heavy (non-hydrogen) atoms. The van der Waals surface area contributed by atoms with Gasteiger partial charge < -0.3 is 5.11 Å². The molecule has 1 rings (SSSR count). The van der Waals surface area contributed by atoms with Crippen LogP contribution < -0.4 is 0 Å². The summed E-state index contributed by atoms with van der Waals surface area (Å²) < 4.78 is 0. The molecule has 0 saturated carbocycles. The van der Waals surface area contributed by atoms with Crippen LogP contribution in [-0.2, 0) is 4.79 Å². The molecule has 2 unspecified atom stereocenters. The summed E-state index contributed by atoms with van der Waals surface area (Å²) in [5.74, 6) is -0.478. The maximum atomic E-state index is 10.4. The Balaban J connectivity index is 2.40. The van der Waals surface area contributed by atoms with E-state index in [4.69, 9.17) is 5.11 Å². The van der Waals surface area contributed by atoms with Crippen LogP contribution in [0.4, 0.5) is 0 Å². The van der Waals surface area contributed by atoms with Crippen LogP contribution in [0.2, 0.25) is 11.1 Å². The van der Waals surface area contributed by atoms with E-state index in [-0.39, 0.29) is 0 Å². The van der Waals surface area contributed by atoms with Gasteiger partial charge in [0.25, 0.3) is 0 Å². The summed E-state index contributed by atoms with van der Waals surface area (Å²) in [7, 11) is 2.34. The number of unbranched alkanes of at least 4 members (excludes halogenated alkanes) is 1. The Kier molecular flexibility index (Phi) is 4.43. The summed E-state index contributed by atoms with van der Waals surface area (Å²) in [6, 6.07) is 0. The van der Waals surface area contributed by atoms with Crippen molar-refractivity contribution in [3.05, 3.63) is 12.2 Å². The molecule has 1 aliphatic heterocycles. The molecule has 0 aromatic rings. The van der Waals surface area contributed by atoms with Gasteiger partial charge in [-0.1, -0.05) is 63.2 Å². The second-order valence-electron chi connectivity index (χ2n) is 4.82. The highest BCUT2D eigenvalue weighted by Gasteiger charge is 2.34. The molecule has 2 atom stereocenters. The minimum absolute atomic E-state index is 0.337. The Morgan fingerprint density at radius 3 is 3.00 bits per heavy atom. The summed E-state index contributed by atoms with van der Waals surface area (Å²) in [5.41, 5.74) is 0. The Morgan fingerprint density at radius 1 is 1.67 bits per heavy atom. The van der Waals surface area contributed by atoms with Crippen molar-refractivity contribution in [1.82, 2.24) is 0 Å². The van der Waals surface area contributed by atoms with Crippen molar-refractivity contribution in [3.8, 4) is 0 Å². The minimum Gasteiger partial charge on any atom is -0.478 e. The van der Waals surface area contributed by atoms with E-state index in [1.165, 1.54) is 31.8 Å². The van der Waals surface area contributed by atoms with E-state index < -0.39 is 5.97 Å². The van der Waals surface area contributed by atoms with Gasteiger partial charge >= 0.3 is 5.97 Å². The maximum Gasteiger partial charge on any atom is 0.327 e. The number of hydrogen-bond donors (Lipinski definition) is 1. The molecule has 0 aromatic heterocycles. The van der Waals surface area contributed by atoms with Gasteiger partial charge in [-0.3, -0.25) is 0 Å². The van der Waals surface area contributed by atoms with Gasteiger partial charge in [0.2, 0.25) is 0 Å². The van der Waals surface area contributed by atoms with Crippen molar-refractivity contribution in [2.75, 3.05) is 0 Å². The van der Waals surface area contributed by atoms with Crippen molar-refractivity contribution < 1.29 is 9.90 Å². The summed E-state index contributed by atoms with van der Waals surface area (Å²) in [6.45, 7) is 4.50. The highest BCUT2D eigenvalue weighted by molar-refractivity contribution is 6.43. The molecule has 3 heteroatoms. The summed E-state index contributed by atoms with van der Waals surface area (Å²) in [5, 5.41) is 8.88. The zero-order chi connectivity index (χ0) is 11.3. The molecule has 0 bridgehead atoms. The highest BCUT2D eigenvalue weighted by atomic mass is 16.4. The molecule has 1 aliphatic rings. The molecule has 1 fully saturated rings. The van der Waals surface area contributed by atoms with E-state index in [2.05, 4.69) is 21.1 Å². The molecule has 0 aliphatic carbocycles. The standard InChI is InChI=1S/C12H20BO2/c1-3-4-8-12(2)9-7-10(13-12)5-6-11(14)15/h5-6,10H,3-4,7-9H2,1-2H3,(H,14,15). The minimum atomic E-state index is -0.842. The summed E-state index contributed by atoms with van der Waals surface area (Å²) in [6.07, 6.45) is 9.13. The second kappa shape index (κ2) is 5.38. The normalized spacial score (nSPS) is 30.7. The molecule has 2 nitrogen and oxygen atoms in total. The predicted octanol–water partition coefficient (Wildman–Crippen LogP) is 3.28. The van der Waals surface area contributed by atoms with Crippen LogP contribution in [0.15, 0.2) is 12.2 Å². The first kappa shape index (κ1) is 12.3. The quantitative estimate of drug-likeness (QED) is 0.554. The number of carboxylic acids is 1. The Hall–Kier alpha value is -0.725. The van der Waals surface area contributed by atoms with Gasteiger partial charge in [-0.15, -0.1) is 0 Å². The van der Waals surface area contributed by atoms with Crippen molar-refractivity contribution >= 4 is 13.2 Å². The molecule has 1 radical (unpaired) electrons. The number of hydrogen-bond acceptors (Lipinski definition) is 1. The number of allylic oxidation sites excluding steroid dienone is 1. The average molecular weight is 207 g/mol.